The molecule has 1 rings (SSSR count). The van der Waals surface area contributed by atoms with Gasteiger partial charge in [-0.3, -0.25) is 4.79 Å². The summed E-state index contributed by atoms with van der Waals surface area (Å²) in [6.45, 7) is -1.66. The van der Waals surface area contributed by atoms with E-state index in [0.29, 0.717) is 12.0 Å². The van der Waals surface area contributed by atoms with Crippen molar-refractivity contribution in [3.8, 4) is 5.75 Å². The SMILES string of the molecule is O=C(CCc1ccccc1O)NC(CO)(CO)CO. The Balaban J connectivity index is 2.54. The molecule has 0 fully saturated rings. The lowest BCUT2D eigenvalue weighted by Crippen LogP contribution is -2.57. The van der Waals surface area contributed by atoms with E-state index in [9.17, 15) is 9.90 Å². The number of rotatable bonds is 7. The van der Waals surface area contributed by atoms with Gasteiger partial charge < -0.3 is 25.7 Å². The monoisotopic (exact) mass is 269 g/mol. The molecule has 0 bridgehead atoms. The van der Waals surface area contributed by atoms with E-state index >= 15 is 0 Å². The first-order valence-electron chi connectivity index (χ1n) is 5.97. The molecule has 106 valence electrons. The summed E-state index contributed by atoms with van der Waals surface area (Å²) in [5, 5.41) is 39.2. The minimum atomic E-state index is -1.41. The van der Waals surface area contributed by atoms with Crippen LogP contribution in [0.15, 0.2) is 24.3 Å². The van der Waals surface area contributed by atoms with Gasteiger partial charge in [0, 0.05) is 6.42 Å². The van der Waals surface area contributed by atoms with Gasteiger partial charge in [-0.25, -0.2) is 0 Å². The zero-order chi connectivity index (χ0) is 14.3. The maximum absolute atomic E-state index is 11.7. The van der Waals surface area contributed by atoms with Crippen molar-refractivity contribution in [1.82, 2.24) is 5.32 Å². The Bertz CT molecular complexity index is 409. The second-order valence-corrected chi connectivity index (χ2v) is 4.43. The maximum atomic E-state index is 11.7. The molecule has 0 radical (unpaired) electrons. The Kier molecular flexibility index (Phi) is 5.75. The fraction of sp³-hybridized carbons (Fsp3) is 0.462. The summed E-state index contributed by atoms with van der Waals surface area (Å²) in [7, 11) is 0. The minimum absolute atomic E-state index is 0.0827. The summed E-state index contributed by atoms with van der Waals surface area (Å²) >= 11 is 0. The lowest BCUT2D eigenvalue weighted by molar-refractivity contribution is -0.125. The van der Waals surface area contributed by atoms with Gasteiger partial charge in [-0.1, -0.05) is 18.2 Å². The van der Waals surface area contributed by atoms with Gasteiger partial charge in [-0.2, -0.15) is 0 Å². The second kappa shape index (κ2) is 7.08. The summed E-state index contributed by atoms with van der Waals surface area (Å²) in [4.78, 5) is 11.7. The van der Waals surface area contributed by atoms with Gasteiger partial charge in [0.15, 0.2) is 0 Å². The van der Waals surface area contributed by atoms with Crippen molar-refractivity contribution < 1.29 is 25.2 Å². The molecule has 0 aliphatic heterocycles. The molecule has 5 N–H and O–H groups in total. The molecule has 0 atom stereocenters. The van der Waals surface area contributed by atoms with E-state index < -0.39 is 31.3 Å². The first-order valence-corrected chi connectivity index (χ1v) is 5.97. The van der Waals surface area contributed by atoms with E-state index in [4.69, 9.17) is 15.3 Å². The predicted molar refractivity (Wildman–Crippen MR) is 68.6 cm³/mol. The van der Waals surface area contributed by atoms with E-state index in [-0.39, 0.29) is 12.2 Å². The fourth-order valence-corrected chi connectivity index (χ4v) is 1.60. The van der Waals surface area contributed by atoms with Crippen molar-refractivity contribution in [2.24, 2.45) is 0 Å². The van der Waals surface area contributed by atoms with Crippen LogP contribution >= 0.6 is 0 Å². The van der Waals surface area contributed by atoms with Crippen molar-refractivity contribution >= 4 is 5.91 Å². The molecular formula is C13H19NO5. The molecule has 0 saturated heterocycles. The fourth-order valence-electron chi connectivity index (χ4n) is 1.60. The lowest BCUT2D eigenvalue weighted by atomic mass is 10.0. The average molecular weight is 269 g/mol. The maximum Gasteiger partial charge on any atom is 0.220 e. The summed E-state index contributed by atoms with van der Waals surface area (Å²) in [5.74, 6) is -0.298. The standard InChI is InChI=1S/C13H19NO5/c15-7-13(8-16,9-17)14-12(19)6-5-10-3-1-2-4-11(10)18/h1-4,15-18H,5-9H2,(H,14,19). The van der Waals surface area contributed by atoms with Crippen molar-refractivity contribution in [2.75, 3.05) is 19.8 Å². The van der Waals surface area contributed by atoms with Crippen LogP contribution in [0, 0.1) is 0 Å². The molecule has 1 aromatic rings. The molecule has 1 aromatic carbocycles. The third-order valence-electron chi connectivity index (χ3n) is 2.93. The smallest absolute Gasteiger partial charge is 0.220 e. The molecule has 0 unspecified atom stereocenters. The van der Waals surface area contributed by atoms with E-state index in [1.165, 1.54) is 6.07 Å². The number of carbonyl (C=O) groups is 1. The number of para-hydroxylation sites is 1. The normalized spacial score (nSPS) is 11.3. The highest BCUT2D eigenvalue weighted by Gasteiger charge is 2.29. The van der Waals surface area contributed by atoms with E-state index in [0.717, 1.165) is 0 Å². The van der Waals surface area contributed by atoms with Crippen LogP contribution < -0.4 is 5.32 Å². The summed E-state index contributed by atoms with van der Waals surface area (Å²) in [5.41, 5.74) is -0.768. The number of carbonyl (C=O) groups excluding carboxylic acids is 1. The van der Waals surface area contributed by atoms with Crippen LogP contribution in [-0.4, -0.2) is 51.7 Å². The molecular weight excluding hydrogens is 250 g/mol. The highest BCUT2D eigenvalue weighted by Crippen LogP contribution is 2.17. The van der Waals surface area contributed by atoms with Gasteiger partial charge >= 0.3 is 0 Å². The highest BCUT2D eigenvalue weighted by atomic mass is 16.3. The Morgan fingerprint density at radius 1 is 1.11 bits per heavy atom. The van der Waals surface area contributed by atoms with Gasteiger partial charge in [0.05, 0.1) is 19.8 Å². The number of hydrogen-bond donors (Lipinski definition) is 5. The van der Waals surface area contributed by atoms with Crippen molar-refractivity contribution in [1.29, 1.82) is 0 Å². The second-order valence-electron chi connectivity index (χ2n) is 4.43. The number of aliphatic hydroxyl groups excluding tert-OH is 3. The predicted octanol–water partition coefficient (Wildman–Crippen LogP) is -0.843. The van der Waals surface area contributed by atoms with Crippen LogP contribution in [0.3, 0.4) is 0 Å². The summed E-state index contributed by atoms with van der Waals surface area (Å²) < 4.78 is 0. The van der Waals surface area contributed by atoms with Gasteiger partial charge in [0.1, 0.15) is 11.3 Å². The molecule has 0 aromatic heterocycles. The highest BCUT2D eigenvalue weighted by molar-refractivity contribution is 5.77. The number of aromatic hydroxyl groups is 1. The number of amides is 1. The van der Waals surface area contributed by atoms with Crippen LogP contribution in [0.1, 0.15) is 12.0 Å². The first-order chi connectivity index (χ1) is 9.06. The van der Waals surface area contributed by atoms with Crippen molar-refractivity contribution in [3.63, 3.8) is 0 Å². The zero-order valence-corrected chi connectivity index (χ0v) is 10.5. The average Bonchev–Trinajstić information content (AvgIpc) is 2.44. The molecule has 0 saturated carbocycles. The zero-order valence-electron chi connectivity index (χ0n) is 10.5. The third-order valence-corrected chi connectivity index (χ3v) is 2.93. The largest absolute Gasteiger partial charge is 0.508 e. The third kappa shape index (κ3) is 4.20. The Labute approximate surface area is 111 Å². The molecule has 0 aliphatic rings. The van der Waals surface area contributed by atoms with Crippen LogP contribution in [0.2, 0.25) is 0 Å². The Morgan fingerprint density at radius 2 is 1.68 bits per heavy atom. The van der Waals surface area contributed by atoms with E-state index in [2.05, 4.69) is 5.32 Å². The van der Waals surface area contributed by atoms with Crippen LogP contribution in [0.25, 0.3) is 0 Å². The Morgan fingerprint density at radius 3 is 2.21 bits per heavy atom. The number of nitrogens with one attached hydrogen (secondary N) is 1. The van der Waals surface area contributed by atoms with E-state index in [1.807, 2.05) is 0 Å². The van der Waals surface area contributed by atoms with Gasteiger partial charge in [-0.15, -0.1) is 0 Å². The quantitative estimate of drug-likeness (QED) is 0.443. The molecule has 19 heavy (non-hydrogen) atoms. The number of aryl methyl sites for hydroxylation is 1. The lowest BCUT2D eigenvalue weighted by Gasteiger charge is -2.28. The Hall–Kier alpha value is -1.63. The number of benzene rings is 1. The number of hydrogen-bond acceptors (Lipinski definition) is 5. The number of aliphatic hydroxyl groups is 3. The molecule has 6 nitrogen and oxygen atoms in total. The van der Waals surface area contributed by atoms with Crippen molar-refractivity contribution in [2.45, 2.75) is 18.4 Å². The summed E-state index contributed by atoms with van der Waals surface area (Å²) in [6, 6.07) is 6.69. The van der Waals surface area contributed by atoms with Gasteiger partial charge in [-0.05, 0) is 18.1 Å². The summed E-state index contributed by atoms with van der Waals surface area (Å²) in [6.07, 6.45) is 0.413. The number of phenols is 1. The van der Waals surface area contributed by atoms with Crippen LogP contribution in [0.4, 0.5) is 0 Å². The first kappa shape index (κ1) is 15.4. The van der Waals surface area contributed by atoms with Crippen LogP contribution in [0.5, 0.6) is 5.75 Å². The van der Waals surface area contributed by atoms with Gasteiger partial charge in [0.2, 0.25) is 5.91 Å². The molecule has 6 heteroatoms. The van der Waals surface area contributed by atoms with Gasteiger partial charge in [0.25, 0.3) is 0 Å². The minimum Gasteiger partial charge on any atom is -0.508 e. The number of phenolic OH excluding ortho intramolecular Hbond substituents is 1. The molecule has 1 amide bonds. The van der Waals surface area contributed by atoms with Crippen LogP contribution in [-0.2, 0) is 11.2 Å². The van der Waals surface area contributed by atoms with E-state index in [1.54, 1.807) is 18.2 Å². The molecule has 0 spiro atoms. The molecule has 0 aliphatic carbocycles. The topological polar surface area (TPSA) is 110 Å². The molecule has 0 heterocycles. The van der Waals surface area contributed by atoms with Crippen molar-refractivity contribution in [3.05, 3.63) is 29.8 Å².